The van der Waals surface area contributed by atoms with Gasteiger partial charge in [0, 0.05) is 31.2 Å². The van der Waals surface area contributed by atoms with Gasteiger partial charge in [-0.2, -0.15) is 0 Å². The lowest BCUT2D eigenvalue weighted by molar-refractivity contribution is -0.135. The van der Waals surface area contributed by atoms with Gasteiger partial charge in [0.05, 0.1) is 0 Å². The third-order valence-corrected chi connectivity index (χ3v) is 4.20. The highest BCUT2D eigenvalue weighted by Crippen LogP contribution is 2.37. The van der Waals surface area contributed by atoms with Crippen LogP contribution in [0, 0.1) is 0 Å². The Morgan fingerprint density at radius 3 is 2.62 bits per heavy atom. The molecule has 2 fully saturated rings. The van der Waals surface area contributed by atoms with Crippen LogP contribution in [0.3, 0.4) is 0 Å². The number of piperazine rings is 1. The van der Waals surface area contributed by atoms with E-state index in [-0.39, 0.29) is 11.8 Å². The Hall–Kier alpha value is -1.88. The molecule has 5 heteroatoms. The van der Waals surface area contributed by atoms with Gasteiger partial charge in [-0.05, 0) is 31.9 Å². The Kier molecular flexibility index (Phi) is 3.68. The van der Waals surface area contributed by atoms with Crippen LogP contribution in [-0.4, -0.2) is 47.9 Å². The van der Waals surface area contributed by atoms with Crippen molar-refractivity contribution in [3.8, 4) is 0 Å². The second-order valence-corrected chi connectivity index (χ2v) is 6.01. The van der Waals surface area contributed by atoms with E-state index in [0.29, 0.717) is 24.7 Å². The van der Waals surface area contributed by atoms with Crippen LogP contribution in [0.15, 0.2) is 30.3 Å². The molecule has 1 aromatic rings. The van der Waals surface area contributed by atoms with E-state index in [2.05, 4.69) is 17.6 Å². The molecule has 112 valence electrons. The van der Waals surface area contributed by atoms with Crippen molar-refractivity contribution in [3.05, 3.63) is 35.9 Å². The molecule has 2 amide bonds. The molecular weight excluding hydrogens is 266 g/mol. The summed E-state index contributed by atoms with van der Waals surface area (Å²) in [6.07, 6.45) is 1.48. The highest BCUT2D eigenvalue weighted by Gasteiger charge is 2.53. The fourth-order valence-corrected chi connectivity index (χ4v) is 2.82. The van der Waals surface area contributed by atoms with E-state index in [9.17, 15) is 9.59 Å². The summed E-state index contributed by atoms with van der Waals surface area (Å²) in [5, 5.41) is 6.27. The zero-order valence-electron chi connectivity index (χ0n) is 12.3. The smallest absolute Gasteiger partial charge is 0.252 e. The van der Waals surface area contributed by atoms with Crippen molar-refractivity contribution in [3.63, 3.8) is 0 Å². The van der Waals surface area contributed by atoms with Crippen LogP contribution in [-0.2, 0) is 4.79 Å². The van der Waals surface area contributed by atoms with Crippen LogP contribution in [0.4, 0.5) is 0 Å². The number of nitrogens with one attached hydrogen (secondary N) is 2. The zero-order valence-corrected chi connectivity index (χ0v) is 12.3. The normalized spacial score (nSPS) is 23.5. The predicted molar refractivity (Wildman–Crippen MR) is 79.9 cm³/mol. The topological polar surface area (TPSA) is 61.4 Å². The summed E-state index contributed by atoms with van der Waals surface area (Å²) < 4.78 is 0. The Morgan fingerprint density at radius 2 is 2.00 bits per heavy atom. The van der Waals surface area contributed by atoms with Crippen molar-refractivity contribution in [1.29, 1.82) is 0 Å². The average Bonchev–Trinajstić information content (AvgIpc) is 3.28. The summed E-state index contributed by atoms with van der Waals surface area (Å²) in [6, 6.07) is 9.37. The summed E-state index contributed by atoms with van der Waals surface area (Å²) in [5.74, 6) is -0.0928. The monoisotopic (exact) mass is 287 g/mol. The molecule has 3 rings (SSSR count). The van der Waals surface area contributed by atoms with Gasteiger partial charge in [0.15, 0.2) is 0 Å². The van der Waals surface area contributed by atoms with Gasteiger partial charge >= 0.3 is 0 Å². The molecule has 1 aromatic carbocycles. The lowest BCUT2D eigenvalue weighted by atomic mass is 10.1. The summed E-state index contributed by atoms with van der Waals surface area (Å²) in [6.45, 7) is 4.31. The fraction of sp³-hybridized carbons (Fsp3) is 0.500. The van der Waals surface area contributed by atoms with E-state index < -0.39 is 5.54 Å². The Bertz CT molecular complexity index is 540. The first-order valence-electron chi connectivity index (χ1n) is 7.51. The number of amides is 2. The molecule has 1 atom stereocenters. The maximum Gasteiger partial charge on any atom is 0.252 e. The van der Waals surface area contributed by atoms with Crippen LogP contribution < -0.4 is 10.6 Å². The summed E-state index contributed by atoms with van der Waals surface area (Å²) in [7, 11) is 0. The second-order valence-electron chi connectivity index (χ2n) is 6.01. The molecule has 2 aliphatic rings. The molecule has 0 spiro atoms. The van der Waals surface area contributed by atoms with Crippen molar-refractivity contribution in [2.45, 2.75) is 31.3 Å². The fourth-order valence-electron chi connectivity index (χ4n) is 2.82. The van der Waals surface area contributed by atoms with Gasteiger partial charge in [0.25, 0.3) is 5.91 Å². The van der Waals surface area contributed by atoms with E-state index in [0.717, 1.165) is 19.4 Å². The Morgan fingerprint density at radius 1 is 1.29 bits per heavy atom. The minimum atomic E-state index is -0.663. The minimum absolute atomic E-state index is 0.0696. The van der Waals surface area contributed by atoms with Crippen molar-refractivity contribution in [2.75, 3.05) is 19.6 Å². The van der Waals surface area contributed by atoms with Gasteiger partial charge in [-0.1, -0.05) is 18.2 Å². The van der Waals surface area contributed by atoms with Crippen LogP contribution in [0.25, 0.3) is 0 Å². The predicted octanol–water partition coefficient (Wildman–Crippen LogP) is 0.769. The van der Waals surface area contributed by atoms with Gasteiger partial charge in [0.1, 0.15) is 5.54 Å². The van der Waals surface area contributed by atoms with Gasteiger partial charge in [-0.3, -0.25) is 9.59 Å². The van der Waals surface area contributed by atoms with Crippen LogP contribution in [0.2, 0.25) is 0 Å². The molecule has 0 bridgehead atoms. The molecule has 1 aliphatic carbocycles. The van der Waals surface area contributed by atoms with E-state index in [1.54, 1.807) is 12.1 Å². The van der Waals surface area contributed by atoms with Crippen molar-refractivity contribution >= 4 is 11.8 Å². The standard InChI is InChI=1S/C16H21N3O2/c1-12-11-19(10-9-17-12)15(21)16(7-8-16)18-14(20)13-5-3-2-4-6-13/h2-6,12,17H,7-11H2,1H3,(H,18,20)/t12-/m1/s1. The third kappa shape index (κ3) is 2.93. The Labute approximate surface area is 124 Å². The number of hydrogen-bond donors (Lipinski definition) is 2. The molecule has 1 saturated carbocycles. The molecule has 1 saturated heterocycles. The van der Waals surface area contributed by atoms with Crippen LogP contribution in [0.1, 0.15) is 30.1 Å². The van der Waals surface area contributed by atoms with E-state index in [1.807, 2.05) is 23.1 Å². The zero-order chi connectivity index (χ0) is 14.9. The molecular formula is C16H21N3O2. The number of rotatable bonds is 3. The number of nitrogens with zero attached hydrogens (tertiary/aromatic N) is 1. The first kappa shape index (κ1) is 14.1. The summed E-state index contributed by atoms with van der Waals surface area (Å²) in [4.78, 5) is 26.8. The van der Waals surface area contributed by atoms with Gasteiger partial charge < -0.3 is 15.5 Å². The molecule has 2 N–H and O–H groups in total. The average molecular weight is 287 g/mol. The largest absolute Gasteiger partial charge is 0.338 e. The highest BCUT2D eigenvalue weighted by atomic mass is 16.2. The lowest BCUT2D eigenvalue weighted by Gasteiger charge is -2.34. The second kappa shape index (κ2) is 5.48. The first-order chi connectivity index (χ1) is 10.1. The number of carbonyl (C=O) groups excluding carboxylic acids is 2. The third-order valence-electron chi connectivity index (χ3n) is 4.20. The summed E-state index contributed by atoms with van der Waals surface area (Å²) >= 11 is 0. The maximum atomic E-state index is 12.7. The lowest BCUT2D eigenvalue weighted by Crippen LogP contribution is -2.57. The molecule has 0 unspecified atom stereocenters. The van der Waals surface area contributed by atoms with Gasteiger partial charge in [-0.15, -0.1) is 0 Å². The maximum absolute atomic E-state index is 12.7. The van der Waals surface area contributed by atoms with E-state index in [1.165, 1.54) is 0 Å². The first-order valence-corrected chi connectivity index (χ1v) is 7.51. The van der Waals surface area contributed by atoms with Gasteiger partial charge in [-0.25, -0.2) is 0 Å². The molecule has 0 aromatic heterocycles. The Balaban J connectivity index is 1.67. The van der Waals surface area contributed by atoms with Crippen LogP contribution in [0.5, 0.6) is 0 Å². The molecule has 1 heterocycles. The molecule has 21 heavy (non-hydrogen) atoms. The molecule has 1 aliphatic heterocycles. The summed E-state index contributed by atoms with van der Waals surface area (Å²) in [5.41, 5.74) is -0.0606. The van der Waals surface area contributed by atoms with Crippen molar-refractivity contribution < 1.29 is 9.59 Å². The highest BCUT2D eigenvalue weighted by molar-refractivity contribution is 6.00. The SMILES string of the molecule is C[C@@H]1CN(C(=O)C2(NC(=O)c3ccccc3)CC2)CCN1. The number of carbonyl (C=O) groups is 2. The van der Waals surface area contributed by atoms with Gasteiger partial charge in [0.2, 0.25) is 5.91 Å². The van der Waals surface area contributed by atoms with Crippen LogP contribution >= 0.6 is 0 Å². The van der Waals surface area contributed by atoms with E-state index in [4.69, 9.17) is 0 Å². The minimum Gasteiger partial charge on any atom is -0.338 e. The number of benzene rings is 1. The van der Waals surface area contributed by atoms with Crippen molar-refractivity contribution in [1.82, 2.24) is 15.5 Å². The molecule has 0 radical (unpaired) electrons. The molecule has 5 nitrogen and oxygen atoms in total. The van der Waals surface area contributed by atoms with E-state index >= 15 is 0 Å². The quantitative estimate of drug-likeness (QED) is 0.863. The van der Waals surface area contributed by atoms with Crippen molar-refractivity contribution in [2.24, 2.45) is 0 Å². The number of hydrogen-bond acceptors (Lipinski definition) is 3.